The van der Waals surface area contributed by atoms with E-state index in [4.69, 9.17) is 23.2 Å². The van der Waals surface area contributed by atoms with Crippen molar-refractivity contribution in [2.45, 2.75) is 104 Å². The zero-order valence-electron chi connectivity index (χ0n) is 22.8. The van der Waals surface area contributed by atoms with Gasteiger partial charge in [-0.25, -0.2) is 0 Å². The molecule has 0 unspecified atom stereocenters. The molecule has 0 N–H and O–H groups in total. The Balaban J connectivity index is 1.77. The third-order valence-electron chi connectivity index (χ3n) is 7.06. The van der Waals surface area contributed by atoms with E-state index in [0.29, 0.717) is 22.3 Å². The van der Waals surface area contributed by atoms with Gasteiger partial charge in [0.2, 0.25) is 0 Å². The second kappa shape index (κ2) is 16.6. The molecule has 0 atom stereocenters. The predicted molar refractivity (Wildman–Crippen MR) is 168 cm³/mol. The summed E-state index contributed by atoms with van der Waals surface area (Å²) in [6.07, 6.45) is 17.1. The van der Waals surface area contributed by atoms with E-state index in [9.17, 15) is 9.59 Å². The molecule has 2 aromatic heterocycles. The highest BCUT2D eigenvalue weighted by Crippen LogP contribution is 2.39. The first-order valence-electron chi connectivity index (χ1n) is 14.2. The van der Waals surface area contributed by atoms with Crippen LogP contribution in [-0.4, -0.2) is 10.5 Å². The molecule has 3 rings (SSSR count). The Kier molecular flexibility index (Phi) is 13.6. The van der Waals surface area contributed by atoms with E-state index in [-0.39, 0.29) is 0 Å². The van der Waals surface area contributed by atoms with Crippen LogP contribution in [-0.2, 0) is 12.8 Å². The van der Waals surface area contributed by atoms with Gasteiger partial charge in [-0.3, -0.25) is 9.59 Å². The van der Waals surface area contributed by atoms with E-state index in [1.54, 1.807) is 34.8 Å². The minimum Gasteiger partial charge on any atom is -0.276 e. The van der Waals surface area contributed by atoms with E-state index in [0.717, 1.165) is 35.4 Å². The zero-order valence-corrected chi connectivity index (χ0v) is 25.9. The Hall–Kier alpha value is -1.46. The first kappa shape index (κ1) is 31.1. The summed E-state index contributed by atoms with van der Waals surface area (Å²) in [4.78, 5) is 26.9. The number of halogens is 2. The Morgan fingerprint density at radius 2 is 0.947 bits per heavy atom. The lowest BCUT2D eigenvalue weighted by atomic mass is 9.96. The zero-order chi connectivity index (χ0) is 27.3. The number of hydrogen-bond donors (Lipinski definition) is 0. The van der Waals surface area contributed by atoms with Crippen LogP contribution in [0, 0.1) is 0 Å². The molecule has 0 saturated heterocycles. The van der Waals surface area contributed by atoms with Crippen LogP contribution in [0.25, 0.3) is 20.9 Å². The van der Waals surface area contributed by atoms with E-state index < -0.39 is 10.5 Å². The van der Waals surface area contributed by atoms with Crippen molar-refractivity contribution in [1.82, 2.24) is 0 Å². The fraction of sp³-hybridized carbons (Fsp3) is 0.500. The molecule has 1 aromatic carbocycles. The number of benzene rings is 1. The van der Waals surface area contributed by atoms with Gasteiger partial charge in [-0.1, -0.05) is 78.1 Å². The Morgan fingerprint density at radius 1 is 0.579 bits per heavy atom. The summed E-state index contributed by atoms with van der Waals surface area (Å²) in [7, 11) is 0. The van der Waals surface area contributed by atoms with Crippen molar-refractivity contribution in [2.75, 3.05) is 0 Å². The van der Waals surface area contributed by atoms with Crippen molar-refractivity contribution in [3.8, 4) is 20.9 Å². The van der Waals surface area contributed by atoms with Crippen LogP contribution >= 0.6 is 45.9 Å². The highest BCUT2D eigenvalue weighted by Gasteiger charge is 2.21. The molecule has 0 amide bonds. The van der Waals surface area contributed by atoms with Gasteiger partial charge in [-0.05, 0) is 95.0 Å². The van der Waals surface area contributed by atoms with Gasteiger partial charge in [-0.15, -0.1) is 22.7 Å². The van der Waals surface area contributed by atoms with Gasteiger partial charge in [0.1, 0.15) is 0 Å². The molecule has 0 bridgehead atoms. The number of hydrogen-bond acceptors (Lipinski definition) is 4. The quantitative estimate of drug-likeness (QED) is 0.109. The first-order chi connectivity index (χ1) is 18.4. The number of carbonyl (C=O) groups excluding carboxylic acids is 2. The van der Waals surface area contributed by atoms with Crippen LogP contribution in [0.1, 0.15) is 123 Å². The fourth-order valence-electron chi connectivity index (χ4n) is 4.85. The molecular weight excluding hydrogens is 551 g/mol. The molecule has 0 spiro atoms. The Bertz CT molecular complexity index is 1090. The van der Waals surface area contributed by atoms with Crippen LogP contribution < -0.4 is 0 Å². The lowest BCUT2D eigenvalue weighted by molar-refractivity contribution is 0.107. The van der Waals surface area contributed by atoms with Crippen LogP contribution in [0.2, 0.25) is 0 Å². The molecule has 0 aliphatic rings. The van der Waals surface area contributed by atoms with Gasteiger partial charge < -0.3 is 0 Å². The van der Waals surface area contributed by atoms with Gasteiger partial charge in [0, 0.05) is 32.0 Å². The molecule has 206 valence electrons. The van der Waals surface area contributed by atoms with Crippen molar-refractivity contribution < 1.29 is 9.59 Å². The van der Waals surface area contributed by atoms with Gasteiger partial charge in [0.15, 0.2) is 0 Å². The molecule has 6 heteroatoms. The summed E-state index contributed by atoms with van der Waals surface area (Å²) in [5.41, 5.74) is 4.72. The average Bonchev–Trinajstić information content (AvgIpc) is 3.57. The summed E-state index contributed by atoms with van der Waals surface area (Å²) < 4.78 is 0. The van der Waals surface area contributed by atoms with Crippen LogP contribution in [0.5, 0.6) is 0 Å². The second-order valence-corrected chi connectivity index (χ2v) is 12.7. The normalized spacial score (nSPS) is 11.3. The van der Waals surface area contributed by atoms with Crippen molar-refractivity contribution in [3.05, 3.63) is 57.3 Å². The highest BCUT2D eigenvalue weighted by molar-refractivity contribution is 7.14. The Morgan fingerprint density at radius 3 is 1.32 bits per heavy atom. The maximum atomic E-state index is 12.5. The summed E-state index contributed by atoms with van der Waals surface area (Å²) in [5.74, 6) is 0. The van der Waals surface area contributed by atoms with Gasteiger partial charge in [0.25, 0.3) is 10.5 Å². The first-order valence-corrected chi connectivity index (χ1v) is 16.7. The molecule has 38 heavy (non-hydrogen) atoms. The van der Waals surface area contributed by atoms with Gasteiger partial charge >= 0.3 is 0 Å². The smallest absolute Gasteiger partial charge is 0.253 e. The third-order valence-corrected chi connectivity index (χ3v) is 9.49. The van der Waals surface area contributed by atoms with Crippen molar-refractivity contribution in [2.24, 2.45) is 0 Å². The molecule has 2 nitrogen and oxygen atoms in total. The average molecular weight is 592 g/mol. The molecule has 0 fully saturated rings. The lowest BCUT2D eigenvalue weighted by Crippen LogP contribution is -2.00. The van der Waals surface area contributed by atoms with E-state index >= 15 is 0 Å². The third kappa shape index (κ3) is 9.33. The largest absolute Gasteiger partial charge is 0.276 e. The number of carbonyl (C=O) groups is 2. The summed E-state index contributed by atoms with van der Waals surface area (Å²) >= 11 is 15.3. The lowest BCUT2D eigenvalue weighted by Gasteiger charge is -2.11. The molecule has 0 radical (unpaired) electrons. The van der Waals surface area contributed by atoms with Crippen LogP contribution in [0.15, 0.2) is 35.0 Å². The SMILES string of the molecule is CCCCCCCCc1csc(-c2cc(C(=O)Cl)c(-c3cc(CCCCCCCC)cs3)cc2C(=O)Cl)c1. The molecular formula is C32H40Cl2O2S2. The molecule has 3 aromatic rings. The van der Waals surface area contributed by atoms with E-state index in [1.807, 2.05) is 0 Å². The monoisotopic (exact) mass is 590 g/mol. The topological polar surface area (TPSA) is 34.1 Å². The van der Waals surface area contributed by atoms with E-state index in [1.165, 1.54) is 75.3 Å². The van der Waals surface area contributed by atoms with Gasteiger partial charge in [0.05, 0.1) is 0 Å². The summed E-state index contributed by atoms with van der Waals surface area (Å²) in [6.45, 7) is 4.47. The van der Waals surface area contributed by atoms with Crippen LogP contribution in [0.4, 0.5) is 0 Å². The van der Waals surface area contributed by atoms with Crippen LogP contribution in [0.3, 0.4) is 0 Å². The maximum Gasteiger partial charge on any atom is 0.253 e. The molecule has 0 saturated carbocycles. The molecule has 0 aliphatic heterocycles. The number of thiophene rings is 2. The Labute approximate surface area is 246 Å². The fourth-order valence-corrected chi connectivity index (χ4v) is 7.12. The summed E-state index contributed by atoms with van der Waals surface area (Å²) in [5, 5.41) is 3.25. The standard InChI is InChI=1S/C32H40Cl2O2S2/c1-3-5-7-9-11-13-15-23-17-29(37-21-23)25-19-28(32(34)36)26(20-27(25)31(33)35)30-18-24(22-38-30)16-14-12-10-8-6-4-2/h17-22H,3-16H2,1-2H3. The number of rotatable bonds is 18. The molecule has 2 heterocycles. The van der Waals surface area contributed by atoms with Crippen molar-refractivity contribution in [3.63, 3.8) is 0 Å². The minimum absolute atomic E-state index is 0.419. The van der Waals surface area contributed by atoms with E-state index in [2.05, 4.69) is 36.7 Å². The molecule has 0 aliphatic carbocycles. The minimum atomic E-state index is -0.524. The highest BCUT2D eigenvalue weighted by atomic mass is 35.5. The van der Waals surface area contributed by atoms with Crippen molar-refractivity contribution in [1.29, 1.82) is 0 Å². The number of aryl methyl sites for hydroxylation is 2. The summed E-state index contributed by atoms with van der Waals surface area (Å²) in [6, 6.07) is 7.77. The number of unbranched alkanes of at least 4 members (excludes halogenated alkanes) is 10. The maximum absolute atomic E-state index is 12.5. The van der Waals surface area contributed by atoms with Gasteiger partial charge in [-0.2, -0.15) is 0 Å². The predicted octanol–water partition coefficient (Wildman–Crippen LogP) is 11.7. The van der Waals surface area contributed by atoms with Crippen molar-refractivity contribution >= 4 is 56.4 Å². The second-order valence-electron chi connectivity index (χ2n) is 10.2.